The van der Waals surface area contributed by atoms with Crippen molar-refractivity contribution in [2.45, 2.75) is 322 Å². The molecule has 0 radical (unpaired) electrons. The summed E-state index contributed by atoms with van der Waals surface area (Å²) in [4.78, 5) is 38.1. The van der Waals surface area contributed by atoms with E-state index in [1.54, 1.807) is 0 Å². The molecule has 0 unspecified atom stereocenters. The Labute approximate surface area is 404 Å². The Kier molecular flexibility index (Phi) is 52.7. The van der Waals surface area contributed by atoms with E-state index in [2.05, 4.69) is 45.1 Å². The highest BCUT2D eigenvalue weighted by atomic mass is 16.6. The minimum absolute atomic E-state index is 0.0702. The Hall–Kier alpha value is -2.11. The molecule has 0 amide bonds. The Morgan fingerprint density at radius 1 is 0.292 bits per heavy atom. The zero-order valence-corrected chi connectivity index (χ0v) is 43.8. The standard InChI is InChI=1S/C59H110O6/c1-4-7-10-13-16-19-22-25-27-28-29-30-32-35-38-41-44-47-50-53-59(62)65-56(54-63-57(60)51-48-45-42-39-36-33-24-21-18-15-12-9-6-3)55-64-58(61)52-49-46-43-40-37-34-31-26-23-20-17-14-11-8-5-2/h21,24-25,27,56H,4-20,22-23,26,28-55H2,1-3H3/b24-21-,27-25-/t56-/m1/s1. The summed E-state index contributed by atoms with van der Waals surface area (Å²) in [5, 5.41) is 0. The van der Waals surface area contributed by atoms with Crippen LogP contribution < -0.4 is 0 Å². The lowest BCUT2D eigenvalue weighted by molar-refractivity contribution is -0.167. The van der Waals surface area contributed by atoms with Crippen LogP contribution in [-0.4, -0.2) is 37.2 Å². The predicted molar refractivity (Wildman–Crippen MR) is 279 cm³/mol. The number of esters is 3. The van der Waals surface area contributed by atoms with Crippen LogP contribution in [0.3, 0.4) is 0 Å². The van der Waals surface area contributed by atoms with E-state index < -0.39 is 6.10 Å². The molecule has 0 aromatic heterocycles. The SMILES string of the molecule is CCCCCC/C=C\CCCCCCCC(=O)OC[C@H](COC(=O)CCCCCCCCCCCCCCCCC)OC(=O)CCCCCCCCCCC/C=C\CCCCCCCC. The molecule has 0 spiro atoms. The zero-order valence-electron chi connectivity index (χ0n) is 43.8. The Morgan fingerprint density at radius 2 is 0.508 bits per heavy atom. The first-order valence-corrected chi connectivity index (χ1v) is 28.8. The lowest BCUT2D eigenvalue weighted by Crippen LogP contribution is -2.30. The van der Waals surface area contributed by atoms with Gasteiger partial charge in [0.15, 0.2) is 6.10 Å². The van der Waals surface area contributed by atoms with Crippen molar-refractivity contribution < 1.29 is 28.6 Å². The third-order valence-corrected chi connectivity index (χ3v) is 12.9. The lowest BCUT2D eigenvalue weighted by atomic mass is 10.0. The topological polar surface area (TPSA) is 78.9 Å². The molecular weight excluding hydrogens is 805 g/mol. The van der Waals surface area contributed by atoms with Crippen molar-refractivity contribution in [2.24, 2.45) is 0 Å². The molecule has 65 heavy (non-hydrogen) atoms. The molecule has 0 saturated carbocycles. The number of allylic oxidation sites excluding steroid dienone is 4. The molecule has 0 heterocycles. The first kappa shape index (κ1) is 62.9. The van der Waals surface area contributed by atoms with Gasteiger partial charge in [0.05, 0.1) is 0 Å². The minimum Gasteiger partial charge on any atom is -0.462 e. The van der Waals surface area contributed by atoms with Crippen LogP contribution in [0.2, 0.25) is 0 Å². The van der Waals surface area contributed by atoms with Gasteiger partial charge in [-0.15, -0.1) is 0 Å². The van der Waals surface area contributed by atoms with Crippen molar-refractivity contribution in [2.75, 3.05) is 13.2 Å². The number of hydrogen-bond donors (Lipinski definition) is 0. The number of carbonyl (C=O) groups excluding carboxylic acids is 3. The second kappa shape index (κ2) is 54.5. The fourth-order valence-electron chi connectivity index (χ4n) is 8.55. The van der Waals surface area contributed by atoms with Gasteiger partial charge in [-0.3, -0.25) is 14.4 Å². The second-order valence-corrected chi connectivity index (χ2v) is 19.6. The van der Waals surface area contributed by atoms with Crippen molar-refractivity contribution >= 4 is 17.9 Å². The van der Waals surface area contributed by atoms with Gasteiger partial charge in [0.25, 0.3) is 0 Å². The molecule has 0 aliphatic rings. The molecule has 0 aliphatic heterocycles. The summed E-state index contributed by atoms with van der Waals surface area (Å²) in [5.41, 5.74) is 0. The van der Waals surface area contributed by atoms with E-state index in [4.69, 9.17) is 14.2 Å². The Bertz CT molecular complexity index is 1050. The predicted octanol–water partition coefficient (Wildman–Crippen LogP) is 19.1. The van der Waals surface area contributed by atoms with Crippen LogP contribution in [0.25, 0.3) is 0 Å². The molecule has 6 nitrogen and oxygen atoms in total. The van der Waals surface area contributed by atoms with E-state index in [0.29, 0.717) is 19.3 Å². The van der Waals surface area contributed by atoms with Gasteiger partial charge < -0.3 is 14.2 Å². The van der Waals surface area contributed by atoms with Gasteiger partial charge in [-0.1, -0.05) is 251 Å². The zero-order chi connectivity index (χ0) is 47.2. The van der Waals surface area contributed by atoms with E-state index >= 15 is 0 Å². The fraction of sp³-hybridized carbons (Fsp3) is 0.881. The van der Waals surface area contributed by atoms with E-state index in [9.17, 15) is 14.4 Å². The molecule has 0 aromatic carbocycles. The summed E-state index contributed by atoms with van der Waals surface area (Å²) >= 11 is 0. The average molecular weight is 916 g/mol. The van der Waals surface area contributed by atoms with Crippen LogP contribution in [0.4, 0.5) is 0 Å². The maximum absolute atomic E-state index is 12.9. The van der Waals surface area contributed by atoms with E-state index in [1.807, 2.05) is 0 Å². The largest absolute Gasteiger partial charge is 0.462 e. The van der Waals surface area contributed by atoms with Gasteiger partial charge >= 0.3 is 17.9 Å². The molecule has 0 saturated heterocycles. The quantitative estimate of drug-likeness (QED) is 0.0262. The number of unbranched alkanes of at least 4 members (excludes halogenated alkanes) is 38. The molecule has 1 atom stereocenters. The monoisotopic (exact) mass is 915 g/mol. The molecule has 0 aromatic rings. The van der Waals surface area contributed by atoms with Gasteiger partial charge in [-0.05, 0) is 70.6 Å². The normalized spacial score (nSPS) is 12.1. The van der Waals surface area contributed by atoms with Crippen molar-refractivity contribution in [3.63, 3.8) is 0 Å². The lowest BCUT2D eigenvalue weighted by Gasteiger charge is -2.18. The van der Waals surface area contributed by atoms with Crippen molar-refractivity contribution in [3.05, 3.63) is 24.3 Å². The van der Waals surface area contributed by atoms with Crippen LogP contribution in [0.5, 0.6) is 0 Å². The van der Waals surface area contributed by atoms with E-state index in [0.717, 1.165) is 64.2 Å². The number of carbonyl (C=O) groups is 3. The van der Waals surface area contributed by atoms with E-state index in [-0.39, 0.29) is 31.1 Å². The maximum atomic E-state index is 12.9. The number of ether oxygens (including phenoxy) is 3. The van der Waals surface area contributed by atoms with Gasteiger partial charge in [0.2, 0.25) is 0 Å². The molecule has 0 aliphatic carbocycles. The van der Waals surface area contributed by atoms with Crippen LogP contribution in [-0.2, 0) is 28.6 Å². The van der Waals surface area contributed by atoms with Gasteiger partial charge in [-0.2, -0.15) is 0 Å². The smallest absolute Gasteiger partial charge is 0.306 e. The summed E-state index contributed by atoms with van der Waals surface area (Å²) in [6, 6.07) is 0. The molecule has 382 valence electrons. The molecule has 0 bridgehead atoms. The van der Waals surface area contributed by atoms with Crippen LogP contribution in [0.1, 0.15) is 316 Å². The summed E-state index contributed by atoms with van der Waals surface area (Å²) in [6.45, 7) is 6.66. The fourth-order valence-corrected chi connectivity index (χ4v) is 8.55. The van der Waals surface area contributed by atoms with Crippen molar-refractivity contribution in [3.8, 4) is 0 Å². The van der Waals surface area contributed by atoms with Crippen molar-refractivity contribution in [1.29, 1.82) is 0 Å². The third kappa shape index (κ3) is 52.7. The van der Waals surface area contributed by atoms with Crippen LogP contribution in [0.15, 0.2) is 24.3 Å². The summed E-state index contributed by atoms with van der Waals surface area (Å²) in [6.07, 6.45) is 63.1. The van der Waals surface area contributed by atoms with Gasteiger partial charge in [-0.25, -0.2) is 0 Å². The first-order chi connectivity index (χ1) is 32.0. The summed E-state index contributed by atoms with van der Waals surface area (Å²) < 4.78 is 16.9. The molecule has 0 N–H and O–H groups in total. The summed E-state index contributed by atoms with van der Waals surface area (Å²) in [7, 11) is 0. The molecule has 0 rings (SSSR count). The second-order valence-electron chi connectivity index (χ2n) is 19.6. The Balaban J connectivity index is 4.32. The number of hydrogen-bond acceptors (Lipinski definition) is 6. The highest BCUT2D eigenvalue weighted by Crippen LogP contribution is 2.16. The number of rotatable bonds is 53. The van der Waals surface area contributed by atoms with Gasteiger partial charge in [0, 0.05) is 19.3 Å². The van der Waals surface area contributed by atoms with Crippen LogP contribution >= 0.6 is 0 Å². The highest BCUT2D eigenvalue weighted by Gasteiger charge is 2.19. The van der Waals surface area contributed by atoms with Crippen LogP contribution in [0, 0.1) is 0 Å². The highest BCUT2D eigenvalue weighted by molar-refractivity contribution is 5.71. The van der Waals surface area contributed by atoms with Gasteiger partial charge in [0.1, 0.15) is 13.2 Å². The molecule has 6 heteroatoms. The van der Waals surface area contributed by atoms with E-state index in [1.165, 1.54) is 212 Å². The first-order valence-electron chi connectivity index (χ1n) is 28.8. The molecule has 0 fully saturated rings. The third-order valence-electron chi connectivity index (χ3n) is 12.9. The average Bonchev–Trinajstić information content (AvgIpc) is 3.30. The minimum atomic E-state index is -0.771. The van der Waals surface area contributed by atoms with Crippen molar-refractivity contribution in [1.82, 2.24) is 0 Å². The maximum Gasteiger partial charge on any atom is 0.306 e. The summed E-state index contributed by atoms with van der Waals surface area (Å²) in [5.74, 6) is -0.862. The Morgan fingerprint density at radius 3 is 0.785 bits per heavy atom. The molecular formula is C59H110O6.